The lowest BCUT2D eigenvalue weighted by molar-refractivity contribution is -0.116. The van der Waals surface area contributed by atoms with Crippen LogP contribution in [0.4, 0.5) is 5.69 Å². The van der Waals surface area contributed by atoms with Gasteiger partial charge >= 0.3 is 0 Å². The Morgan fingerprint density at radius 3 is 2.67 bits per heavy atom. The van der Waals surface area contributed by atoms with Crippen molar-refractivity contribution in [3.05, 3.63) is 28.8 Å². The second-order valence-electron chi connectivity index (χ2n) is 5.39. The second kappa shape index (κ2) is 5.11. The molecule has 3 N–H and O–H groups in total. The minimum absolute atomic E-state index is 0.0244. The van der Waals surface area contributed by atoms with Crippen LogP contribution in [0.1, 0.15) is 49.9 Å². The molecule has 2 rings (SSSR count). The number of nitrogens with one attached hydrogen (secondary N) is 1. The first-order chi connectivity index (χ1) is 8.52. The van der Waals surface area contributed by atoms with E-state index < -0.39 is 0 Å². The molecule has 1 aliphatic heterocycles. The van der Waals surface area contributed by atoms with E-state index in [1.165, 1.54) is 11.1 Å². The van der Waals surface area contributed by atoms with Gasteiger partial charge in [0.2, 0.25) is 5.91 Å². The number of aryl methyl sites for hydroxylation is 2. The van der Waals surface area contributed by atoms with Gasteiger partial charge in [-0.1, -0.05) is 32.9 Å². The topological polar surface area (TPSA) is 55.1 Å². The number of amides is 1. The van der Waals surface area contributed by atoms with E-state index in [9.17, 15) is 4.79 Å². The van der Waals surface area contributed by atoms with Crippen molar-refractivity contribution < 1.29 is 4.79 Å². The van der Waals surface area contributed by atoms with Crippen LogP contribution in [0.5, 0.6) is 0 Å². The summed E-state index contributed by atoms with van der Waals surface area (Å²) in [5, 5.41) is 3.00. The molecule has 1 heterocycles. The van der Waals surface area contributed by atoms with Gasteiger partial charge in [-0.05, 0) is 35.4 Å². The van der Waals surface area contributed by atoms with Gasteiger partial charge in [-0.25, -0.2) is 0 Å². The van der Waals surface area contributed by atoms with Crippen molar-refractivity contribution in [3.8, 4) is 0 Å². The maximum Gasteiger partial charge on any atom is 0.224 e. The SMILES string of the molecule is CCc1cc2c(c(C(N)C(C)C)c1)NC(=O)CC2. The van der Waals surface area contributed by atoms with Gasteiger partial charge in [-0.15, -0.1) is 0 Å². The molecule has 18 heavy (non-hydrogen) atoms. The van der Waals surface area contributed by atoms with Gasteiger partial charge in [0, 0.05) is 18.2 Å². The predicted molar refractivity (Wildman–Crippen MR) is 74.5 cm³/mol. The zero-order valence-corrected chi connectivity index (χ0v) is 11.4. The van der Waals surface area contributed by atoms with Gasteiger partial charge in [-0.2, -0.15) is 0 Å². The monoisotopic (exact) mass is 246 g/mol. The average Bonchev–Trinajstić information content (AvgIpc) is 2.36. The van der Waals surface area contributed by atoms with Crippen LogP contribution in [0.2, 0.25) is 0 Å². The first kappa shape index (κ1) is 13.1. The highest BCUT2D eigenvalue weighted by molar-refractivity contribution is 5.95. The molecule has 98 valence electrons. The Balaban J connectivity index is 2.51. The first-order valence-electron chi connectivity index (χ1n) is 6.74. The van der Waals surface area contributed by atoms with Gasteiger partial charge < -0.3 is 11.1 Å². The molecule has 0 saturated carbocycles. The highest BCUT2D eigenvalue weighted by atomic mass is 16.1. The summed E-state index contributed by atoms with van der Waals surface area (Å²) in [4.78, 5) is 11.6. The zero-order chi connectivity index (χ0) is 13.3. The third-order valence-corrected chi connectivity index (χ3v) is 3.68. The van der Waals surface area contributed by atoms with E-state index in [0.717, 1.165) is 24.1 Å². The van der Waals surface area contributed by atoms with Crippen LogP contribution in [0.25, 0.3) is 0 Å². The molecule has 1 aliphatic rings. The lowest BCUT2D eigenvalue weighted by Crippen LogP contribution is -2.25. The van der Waals surface area contributed by atoms with Crippen LogP contribution in [-0.4, -0.2) is 5.91 Å². The average molecular weight is 246 g/mol. The molecule has 0 saturated heterocycles. The second-order valence-corrected chi connectivity index (χ2v) is 5.39. The summed E-state index contributed by atoms with van der Waals surface area (Å²) >= 11 is 0. The van der Waals surface area contributed by atoms with E-state index in [1.807, 2.05) is 0 Å². The zero-order valence-electron chi connectivity index (χ0n) is 11.4. The molecule has 0 spiro atoms. The molecule has 3 nitrogen and oxygen atoms in total. The molecule has 0 aromatic heterocycles. The van der Waals surface area contributed by atoms with Gasteiger partial charge in [-0.3, -0.25) is 4.79 Å². The fourth-order valence-corrected chi connectivity index (χ4v) is 2.42. The van der Waals surface area contributed by atoms with Gasteiger partial charge in [0.1, 0.15) is 0 Å². The van der Waals surface area contributed by atoms with E-state index in [0.29, 0.717) is 12.3 Å². The van der Waals surface area contributed by atoms with E-state index >= 15 is 0 Å². The fraction of sp³-hybridized carbons (Fsp3) is 0.533. The third-order valence-electron chi connectivity index (χ3n) is 3.68. The van der Waals surface area contributed by atoms with Crippen molar-refractivity contribution in [1.82, 2.24) is 0 Å². The highest BCUT2D eigenvalue weighted by Crippen LogP contribution is 2.34. The molecule has 1 aromatic carbocycles. The quantitative estimate of drug-likeness (QED) is 0.861. The van der Waals surface area contributed by atoms with Crippen molar-refractivity contribution in [2.75, 3.05) is 5.32 Å². The summed E-state index contributed by atoms with van der Waals surface area (Å²) in [6.07, 6.45) is 2.41. The standard InChI is InChI=1S/C15H22N2O/c1-4-10-7-11-5-6-13(18)17-15(11)12(8-10)14(16)9(2)3/h7-9,14H,4-6,16H2,1-3H3,(H,17,18). The Morgan fingerprint density at radius 2 is 2.06 bits per heavy atom. The summed E-state index contributed by atoms with van der Waals surface area (Å²) in [6.45, 7) is 6.37. The Kier molecular flexibility index (Phi) is 3.71. The smallest absolute Gasteiger partial charge is 0.224 e. The number of benzene rings is 1. The summed E-state index contributed by atoms with van der Waals surface area (Å²) in [5.41, 5.74) is 10.9. The van der Waals surface area contributed by atoms with Gasteiger partial charge in [0.15, 0.2) is 0 Å². The summed E-state index contributed by atoms with van der Waals surface area (Å²) in [7, 11) is 0. The number of anilines is 1. The fourth-order valence-electron chi connectivity index (χ4n) is 2.42. The van der Waals surface area contributed by atoms with Crippen LogP contribution >= 0.6 is 0 Å². The molecule has 1 unspecified atom stereocenters. The number of carbonyl (C=O) groups excluding carboxylic acids is 1. The number of hydrogen-bond donors (Lipinski definition) is 2. The summed E-state index contributed by atoms with van der Waals surface area (Å²) < 4.78 is 0. The van der Waals surface area contributed by atoms with Crippen molar-refractivity contribution in [2.24, 2.45) is 11.7 Å². The number of hydrogen-bond acceptors (Lipinski definition) is 2. The summed E-state index contributed by atoms with van der Waals surface area (Å²) in [5.74, 6) is 0.462. The van der Waals surface area contributed by atoms with Crippen molar-refractivity contribution in [3.63, 3.8) is 0 Å². The number of rotatable bonds is 3. The number of carbonyl (C=O) groups is 1. The molecule has 0 bridgehead atoms. The molecule has 0 fully saturated rings. The molecular formula is C15H22N2O. The minimum atomic E-state index is -0.0244. The lowest BCUT2D eigenvalue weighted by Gasteiger charge is -2.26. The largest absolute Gasteiger partial charge is 0.326 e. The van der Waals surface area contributed by atoms with E-state index in [2.05, 4.69) is 38.2 Å². The van der Waals surface area contributed by atoms with Crippen molar-refractivity contribution >= 4 is 11.6 Å². The number of fused-ring (bicyclic) bond motifs is 1. The van der Waals surface area contributed by atoms with Crippen LogP contribution < -0.4 is 11.1 Å². The van der Waals surface area contributed by atoms with Crippen LogP contribution in [-0.2, 0) is 17.6 Å². The molecule has 1 amide bonds. The van der Waals surface area contributed by atoms with E-state index in [-0.39, 0.29) is 11.9 Å². The lowest BCUT2D eigenvalue weighted by atomic mass is 9.88. The molecular weight excluding hydrogens is 224 g/mol. The van der Waals surface area contributed by atoms with Crippen molar-refractivity contribution in [2.45, 2.75) is 46.1 Å². The third kappa shape index (κ3) is 2.41. The van der Waals surface area contributed by atoms with Gasteiger partial charge in [0.25, 0.3) is 0 Å². The molecule has 3 heteroatoms. The maximum absolute atomic E-state index is 11.6. The predicted octanol–water partition coefficient (Wildman–Crippen LogP) is 2.79. The van der Waals surface area contributed by atoms with Crippen molar-refractivity contribution in [1.29, 1.82) is 0 Å². The molecule has 1 aromatic rings. The van der Waals surface area contributed by atoms with Crippen LogP contribution in [0.3, 0.4) is 0 Å². The molecule has 0 aliphatic carbocycles. The normalized spacial score (nSPS) is 16.4. The Morgan fingerprint density at radius 1 is 1.33 bits per heavy atom. The van der Waals surface area contributed by atoms with Crippen LogP contribution in [0.15, 0.2) is 12.1 Å². The van der Waals surface area contributed by atoms with Crippen LogP contribution in [0, 0.1) is 5.92 Å². The minimum Gasteiger partial charge on any atom is -0.326 e. The Hall–Kier alpha value is -1.35. The molecule has 0 radical (unpaired) electrons. The van der Waals surface area contributed by atoms with Gasteiger partial charge in [0.05, 0.1) is 0 Å². The Bertz CT molecular complexity index is 466. The maximum atomic E-state index is 11.6. The van der Waals surface area contributed by atoms with E-state index in [1.54, 1.807) is 0 Å². The first-order valence-corrected chi connectivity index (χ1v) is 6.74. The highest BCUT2D eigenvalue weighted by Gasteiger charge is 2.23. The molecule has 1 atom stereocenters. The van der Waals surface area contributed by atoms with E-state index in [4.69, 9.17) is 5.73 Å². The summed E-state index contributed by atoms with van der Waals surface area (Å²) in [6, 6.07) is 4.32. The Labute approximate surface area is 109 Å². The number of nitrogens with two attached hydrogens (primary N) is 1.